The number of hydrogen-bond acceptors (Lipinski definition) is 1. The molecule has 0 unspecified atom stereocenters. The van der Waals surface area contributed by atoms with Gasteiger partial charge in [0.25, 0.3) is 0 Å². The maximum Gasteiger partial charge on any atom is 0.171 e. The highest BCUT2D eigenvalue weighted by molar-refractivity contribution is 9.10. The van der Waals surface area contributed by atoms with Crippen LogP contribution in [0.3, 0.4) is 0 Å². The van der Waals surface area contributed by atoms with Crippen LogP contribution in [-0.2, 0) is 6.42 Å². The Labute approximate surface area is 145 Å². The molecule has 22 heavy (non-hydrogen) atoms. The largest absolute Gasteiger partial charge is 0.356 e. The first-order valence-electron chi connectivity index (χ1n) is 7.55. The third-order valence-electron chi connectivity index (χ3n) is 4.09. The van der Waals surface area contributed by atoms with Gasteiger partial charge in [-0.25, -0.2) is 0 Å². The number of benzene rings is 2. The fourth-order valence-electron chi connectivity index (χ4n) is 2.95. The molecule has 0 aromatic heterocycles. The highest BCUT2D eigenvalue weighted by Crippen LogP contribution is 2.29. The van der Waals surface area contributed by atoms with E-state index in [1.54, 1.807) is 0 Å². The maximum atomic E-state index is 5.49. The zero-order valence-corrected chi connectivity index (χ0v) is 14.9. The molecule has 0 aliphatic heterocycles. The molecule has 3 rings (SSSR count). The fourth-order valence-corrected chi connectivity index (χ4v) is 3.46. The minimum Gasteiger partial charge on any atom is -0.356 e. The average molecular weight is 375 g/mol. The highest BCUT2D eigenvalue weighted by Gasteiger charge is 2.20. The lowest BCUT2D eigenvalue weighted by Gasteiger charge is -2.27. The molecular formula is C18H19BrN2S. The molecule has 1 aliphatic carbocycles. The molecule has 0 radical (unpaired) electrons. The SMILES string of the molecule is Cc1cc(NC(=S)N[C@@H]2CCCc3ccccc32)ccc1Br. The van der Waals surface area contributed by atoms with Gasteiger partial charge in [0.05, 0.1) is 6.04 Å². The van der Waals surface area contributed by atoms with Crippen LogP contribution >= 0.6 is 28.1 Å². The Kier molecular flexibility index (Phi) is 4.79. The summed E-state index contributed by atoms with van der Waals surface area (Å²) in [6.45, 7) is 2.07. The second kappa shape index (κ2) is 6.80. The molecule has 1 aliphatic rings. The van der Waals surface area contributed by atoms with E-state index in [0.717, 1.165) is 16.6 Å². The van der Waals surface area contributed by atoms with Crippen LogP contribution in [0.1, 0.15) is 35.6 Å². The molecule has 0 heterocycles. The predicted octanol–water partition coefficient (Wildman–Crippen LogP) is 5.12. The van der Waals surface area contributed by atoms with Crippen LogP contribution in [-0.4, -0.2) is 5.11 Å². The molecule has 4 heteroatoms. The number of thiocarbonyl (C=S) groups is 1. The van der Waals surface area contributed by atoms with Crippen molar-refractivity contribution in [2.45, 2.75) is 32.2 Å². The summed E-state index contributed by atoms with van der Waals surface area (Å²) in [7, 11) is 0. The Balaban J connectivity index is 1.69. The number of nitrogens with one attached hydrogen (secondary N) is 2. The minimum absolute atomic E-state index is 0.307. The summed E-state index contributed by atoms with van der Waals surface area (Å²) >= 11 is 9.01. The summed E-state index contributed by atoms with van der Waals surface area (Å²) < 4.78 is 1.11. The first kappa shape index (κ1) is 15.5. The van der Waals surface area contributed by atoms with Gasteiger partial charge < -0.3 is 10.6 Å². The summed E-state index contributed by atoms with van der Waals surface area (Å²) in [5.41, 5.74) is 5.02. The summed E-state index contributed by atoms with van der Waals surface area (Å²) in [4.78, 5) is 0. The van der Waals surface area contributed by atoms with Gasteiger partial charge in [0.15, 0.2) is 5.11 Å². The van der Waals surface area contributed by atoms with Crippen molar-refractivity contribution in [1.82, 2.24) is 5.32 Å². The Hall–Kier alpha value is -1.39. The number of aryl methyl sites for hydroxylation is 2. The van der Waals surface area contributed by atoms with Gasteiger partial charge in [-0.15, -0.1) is 0 Å². The normalized spacial score (nSPS) is 16.7. The van der Waals surface area contributed by atoms with E-state index in [0.29, 0.717) is 11.2 Å². The summed E-state index contributed by atoms with van der Waals surface area (Å²) in [6.07, 6.45) is 3.49. The zero-order chi connectivity index (χ0) is 15.5. The van der Waals surface area contributed by atoms with Crippen LogP contribution in [0.5, 0.6) is 0 Å². The molecule has 0 fully saturated rings. The van der Waals surface area contributed by atoms with Crippen molar-refractivity contribution in [1.29, 1.82) is 0 Å². The van der Waals surface area contributed by atoms with Crippen molar-refractivity contribution in [3.63, 3.8) is 0 Å². The van der Waals surface area contributed by atoms with Gasteiger partial charge in [-0.05, 0) is 73.3 Å². The number of anilines is 1. The average Bonchev–Trinajstić information content (AvgIpc) is 2.51. The molecule has 1 atom stereocenters. The zero-order valence-electron chi connectivity index (χ0n) is 12.5. The number of rotatable bonds is 2. The molecule has 0 bridgehead atoms. The van der Waals surface area contributed by atoms with E-state index in [4.69, 9.17) is 12.2 Å². The Morgan fingerprint density at radius 3 is 2.86 bits per heavy atom. The lowest BCUT2D eigenvalue weighted by Crippen LogP contribution is -2.34. The fraction of sp³-hybridized carbons (Fsp3) is 0.278. The quantitative estimate of drug-likeness (QED) is 0.713. The third-order valence-corrected chi connectivity index (χ3v) is 5.20. The summed E-state index contributed by atoms with van der Waals surface area (Å²) in [5, 5.41) is 7.44. The Bertz CT molecular complexity index is 699. The molecule has 0 amide bonds. The van der Waals surface area contributed by atoms with Gasteiger partial charge >= 0.3 is 0 Å². The lowest BCUT2D eigenvalue weighted by molar-refractivity contribution is 0.529. The highest BCUT2D eigenvalue weighted by atomic mass is 79.9. The summed E-state index contributed by atoms with van der Waals surface area (Å²) in [6, 6.07) is 15.1. The van der Waals surface area contributed by atoms with Crippen molar-refractivity contribution in [3.05, 3.63) is 63.6 Å². The molecule has 0 saturated heterocycles. The second-order valence-corrected chi connectivity index (χ2v) is 6.97. The number of hydrogen-bond donors (Lipinski definition) is 2. The van der Waals surface area contributed by atoms with Crippen molar-refractivity contribution in [2.24, 2.45) is 0 Å². The smallest absolute Gasteiger partial charge is 0.171 e. The third kappa shape index (κ3) is 3.50. The maximum absolute atomic E-state index is 5.49. The van der Waals surface area contributed by atoms with Crippen LogP contribution in [0.4, 0.5) is 5.69 Å². The standard InChI is InChI=1S/C18H19BrN2S/c1-12-11-14(9-10-16(12)19)20-18(22)21-17-8-4-6-13-5-2-3-7-15(13)17/h2-3,5,7,9-11,17H,4,6,8H2,1H3,(H2,20,21,22)/t17-/m1/s1. The van der Waals surface area contributed by atoms with E-state index in [1.807, 2.05) is 12.1 Å². The van der Waals surface area contributed by atoms with E-state index < -0.39 is 0 Å². The van der Waals surface area contributed by atoms with Gasteiger partial charge in [0, 0.05) is 10.2 Å². The van der Waals surface area contributed by atoms with Crippen LogP contribution in [0.15, 0.2) is 46.9 Å². The molecule has 2 aromatic carbocycles. The van der Waals surface area contributed by atoms with Gasteiger partial charge in [0.2, 0.25) is 0 Å². The Morgan fingerprint density at radius 2 is 2.05 bits per heavy atom. The number of fused-ring (bicyclic) bond motifs is 1. The van der Waals surface area contributed by atoms with Crippen LogP contribution in [0, 0.1) is 6.92 Å². The monoisotopic (exact) mass is 374 g/mol. The van der Waals surface area contributed by atoms with Crippen LogP contribution in [0.2, 0.25) is 0 Å². The second-order valence-electron chi connectivity index (χ2n) is 5.71. The van der Waals surface area contributed by atoms with E-state index in [1.165, 1.54) is 29.5 Å². The van der Waals surface area contributed by atoms with E-state index in [-0.39, 0.29) is 0 Å². The van der Waals surface area contributed by atoms with E-state index in [9.17, 15) is 0 Å². The Morgan fingerprint density at radius 1 is 1.23 bits per heavy atom. The molecule has 2 nitrogen and oxygen atoms in total. The van der Waals surface area contributed by atoms with Crippen LogP contribution < -0.4 is 10.6 Å². The molecular weight excluding hydrogens is 356 g/mol. The topological polar surface area (TPSA) is 24.1 Å². The van der Waals surface area contributed by atoms with Gasteiger partial charge in [-0.1, -0.05) is 40.2 Å². The number of halogens is 1. The molecule has 0 saturated carbocycles. The van der Waals surface area contributed by atoms with Crippen molar-refractivity contribution in [2.75, 3.05) is 5.32 Å². The van der Waals surface area contributed by atoms with Gasteiger partial charge in [0.1, 0.15) is 0 Å². The van der Waals surface area contributed by atoms with E-state index in [2.05, 4.69) is 63.8 Å². The van der Waals surface area contributed by atoms with Gasteiger partial charge in [-0.3, -0.25) is 0 Å². The molecule has 2 N–H and O–H groups in total. The first-order valence-corrected chi connectivity index (χ1v) is 8.75. The predicted molar refractivity (Wildman–Crippen MR) is 100 cm³/mol. The molecule has 0 spiro atoms. The van der Waals surface area contributed by atoms with Crippen molar-refractivity contribution < 1.29 is 0 Å². The first-order chi connectivity index (χ1) is 10.6. The van der Waals surface area contributed by atoms with E-state index >= 15 is 0 Å². The van der Waals surface area contributed by atoms with Crippen LogP contribution in [0.25, 0.3) is 0 Å². The van der Waals surface area contributed by atoms with Gasteiger partial charge in [-0.2, -0.15) is 0 Å². The molecule has 114 valence electrons. The molecule has 2 aromatic rings. The minimum atomic E-state index is 0.307. The summed E-state index contributed by atoms with van der Waals surface area (Å²) in [5.74, 6) is 0. The lowest BCUT2D eigenvalue weighted by atomic mass is 9.88. The van der Waals surface area contributed by atoms with Crippen molar-refractivity contribution in [3.8, 4) is 0 Å². The van der Waals surface area contributed by atoms with Crippen molar-refractivity contribution >= 4 is 38.9 Å².